The number of likely N-dealkylation sites (tertiary alicyclic amines) is 1. The minimum atomic E-state index is 0.978. The maximum absolute atomic E-state index is 2.40. The lowest BCUT2D eigenvalue weighted by Crippen LogP contribution is -2.42. The number of hydrogen-bond donors (Lipinski definition) is 0. The van der Waals surface area contributed by atoms with Crippen LogP contribution in [0.4, 0.5) is 0 Å². The standard InChI is InChI=1S/C7H15N.C6H14N2/c2*1-7-3-5-8(2)6-4-7/h7H,3-6H2,1-2H3;3-6H2,1-2H3. The van der Waals surface area contributed by atoms with Crippen molar-refractivity contribution in [2.45, 2.75) is 19.8 Å². The average molecular weight is 227 g/mol. The molecule has 16 heavy (non-hydrogen) atoms. The fourth-order valence-corrected chi connectivity index (χ4v) is 2.04. The highest BCUT2D eigenvalue weighted by molar-refractivity contribution is 4.65. The Kier molecular flexibility index (Phi) is 6.32. The first kappa shape index (κ1) is 13.9. The van der Waals surface area contributed by atoms with Crippen LogP contribution >= 0.6 is 0 Å². The molecule has 0 aliphatic carbocycles. The summed E-state index contributed by atoms with van der Waals surface area (Å²) in [6, 6.07) is 0. The Labute approximate surface area is 101 Å². The molecule has 0 bridgehead atoms. The quantitative estimate of drug-likeness (QED) is 0.616. The van der Waals surface area contributed by atoms with Crippen molar-refractivity contribution in [2.75, 3.05) is 60.4 Å². The van der Waals surface area contributed by atoms with E-state index in [-0.39, 0.29) is 0 Å². The van der Waals surface area contributed by atoms with E-state index in [9.17, 15) is 0 Å². The van der Waals surface area contributed by atoms with E-state index in [0.29, 0.717) is 0 Å². The lowest BCUT2D eigenvalue weighted by Gasteiger charge is -2.28. The van der Waals surface area contributed by atoms with Crippen LogP contribution in [0.15, 0.2) is 0 Å². The third-order valence-electron chi connectivity index (χ3n) is 3.73. The summed E-state index contributed by atoms with van der Waals surface area (Å²) < 4.78 is 0. The summed E-state index contributed by atoms with van der Waals surface area (Å²) in [4.78, 5) is 7.12. The van der Waals surface area contributed by atoms with E-state index in [2.05, 4.69) is 42.8 Å². The first-order chi connectivity index (χ1) is 7.58. The molecule has 0 atom stereocenters. The largest absolute Gasteiger partial charge is 0.306 e. The lowest BCUT2D eigenvalue weighted by atomic mass is 10.00. The van der Waals surface area contributed by atoms with Crippen LogP contribution in [0.25, 0.3) is 0 Å². The zero-order valence-corrected chi connectivity index (χ0v) is 11.6. The second-order valence-corrected chi connectivity index (χ2v) is 5.59. The van der Waals surface area contributed by atoms with Gasteiger partial charge in [-0.1, -0.05) is 6.92 Å². The summed E-state index contributed by atoms with van der Waals surface area (Å²) in [5.41, 5.74) is 0. The van der Waals surface area contributed by atoms with Crippen molar-refractivity contribution in [3.8, 4) is 0 Å². The Hall–Kier alpha value is -0.120. The van der Waals surface area contributed by atoms with Gasteiger partial charge in [0.05, 0.1) is 0 Å². The Morgan fingerprint density at radius 2 is 0.938 bits per heavy atom. The average Bonchev–Trinajstić information content (AvgIpc) is 2.28. The minimum Gasteiger partial charge on any atom is -0.306 e. The van der Waals surface area contributed by atoms with Crippen molar-refractivity contribution in [2.24, 2.45) is 5.92 Å². The molecule has 0 N–H and O–H groups in total. The minimum absolute atomic E-state index is 0.978. The summed E-state index contributed by atoms with van der Waals surface area (Å²) in [6.45, 7) is 9.88. The van der Waals surface area contributed by atoms with Gasteiger partial charge in [-0.3, -0.25) is 0 Å². The van der Waals surface area contributed by atoms with Crippen molar-refractivity contribution < 1.29 is 0 Å². The number of piperazine rings is 1. The van der Waals surface area contributed by atoms with Crippen LogP contribution in [0.2, 0.25) is 0 Å². The molecular weight excluding hydrogens is 198 g/mol. The van der Waals surface area contributed by atoms with Crippen LogP contribution in [0.3, 0.4) is 0 Å². The first-order valence-corrected chi connectivity index (χ1v) is 6.63. The molecule has 0 amide bonds. The predicted octanol–water partition coefficient (Wildman–Crippen LogP) is 1.21. The Morgan fingerprint density at radius 1 is 0.625 bits per heavy atom. The molecule has 2 fully saturated rings. The SMILES string of the molecule is CC1CCN(C)CC1.CN1CCN(C)CC1. The van der Waals surface area contributed by atoms with Gasteiger partial charge < -0.3 is 14.7 Å². The van der Waals surface area contributed by atoms with Gasteiger partial charge in [-0.05, 0) is 53.0 Å². The molecule has 0 aromatic heterocycles. The Morgan fingerprint density at radius 3 is 1.25 bits per heavy atom. The summed E-state index contributed by atoms with van der Waals surface area (Å²) in [5.74, 6) is 0.978. The van der Waals surface area contributed by atoms with Gasteiger partial charge in [-0.25, -0.2) is 0 Å². The van der Waals surface area contributed by atoms with Gasteiger partial charge in [-0.2, -0.15) is 0 Å². The molecular formula is C13H29N3. The van der Waals surface area contributed by atoms with Gasteiger partial charge in [-0.15, -0.1) is 0 Å². The molecule has 0 saturated carbocycles. The van der Waals surface area contributed by atoms with Crippen molar-refractivity contribution in [3.05, 3.63) is 0 Å². The van der Waals surface area contributed by atoms with Gasteiger partial charge in [0.1, 0.15) is 0 Å². The molecule has 2 saturated heterocycles. The van der Waals surface area contributed by atoms with E-state index in [1.165, 1.54) is 52.1 Å². The van der Waals surface area contributed by atoms with E-state index in [1.807, 2.05) is 0 Å². The second kappa shape index (κ2) is 7.25. The summed E-state index contributed by atoms with van der Waals surface area (Å²) in [7, 11) is 6.55. The fraction of sp³-hybridized carbons (Fsp3) is 1.00. The highest BCUT2D eigenvalue weighted by Crippen LogP contribution is 2.13. The van der Waals surface area contributed by atoms with Crippen LogP contribution in [0.1, 0.15) is 19.8 Å². The van der Waals surface area contributed by atoms with Gasteiger partial charge in [0.15, 0.2) is 0 Å². The van der Waals surface area contributed by atoms with E-state index in [0.717, 1.165) is 5.92 Å². The molecule has 3 heteroatoms. The van der Waals surface area contributed by atoms with Crippen molar-refractivity contribution >= 4 is 0 Å². The number of nitrogens with zero attached hydrogens (tertiary/aromatic N) is 3. The van der Waals surface area contributed by atoms with Crippen LogP contribution in [-0.2, 0) is 0 Å². The molecule has 2 aliphatic heterocycles. The zero-order valence-electron chi connectivity index (χ0n) is 11.6. The second-order valence-electron chi connectivity index (χ2n) is 5.59. The molecule has 3 nitrogen and oxygen atoms in total. The number of hydrogen-bond acceptors (Lipinski definition) is 3. The summed E-state index contributed by atoms with van der Waals surface area (Å²) in [6.07, 6.45) is 2.80. The monoisotopic (exact) mass is 227 g/mol. The van der Waals surface area contributed by atoms with Crippen LogP contribution in [0.5, 0.6) is 0 Å². The molecule has 0 spiro atoms. The molecule has 0 radical (unpaired) electrons. The molecule has 0 unspecified atom stereocenters. The third-order valence-corrected chi connectivity index (χ3v) is 3.73. The van der Waals surface area contributed by atoms with Crippen molar-refractivity contribution in [3.63, 3.8) is 0 Å². The Bertz CT molecular complexity index is 128. The highest BCUT2D eigenvalue weighted by Gasteiger charge is 2.10. The van der Waals surface area contributed by atoms with Gasteiger partial charge in [0.2, 0.25) is 0 Å². The third kappa shape index (κ3) is 5.83. The summed E-state index contributed by atoms with van der Waals surface area (Å²) >= 11 is 0. The fourth-order valence-electron chi connectivity index (χ4n) is 2.04. The highest BCUT2D eigenvalue weighted by atomic mass is 15.2. The van der Waals surface area contributed by atoms with Crippen molar-refractivity contribution in [1.29, 1.82) is 0 Å². The van der Waals surface area contributed by atoms with E-state index in [1.54, 1.807) is 0 Å². The van der Waals surface area contributed by atoms with Gasteiger partial charge in [0.25, 0.3) is 0 Å². The van der Waals surface area contributed by atoms with Crippen molar-refractivity contribution in [1.82, 2.24) is 14.7 Å². The van der Waals surface area contributed by atoms with Crippen LogP contribution in [0, 0.1) is 5.92 Å². The Balaban J connectivity index is 0.000000160. The molecule has 2 rings (SSSR count). The molecule has 0 aromatic carbocycles. The van der Waals surface area contributed by atoms with Crippen LogP contribution < -0.4 is 0 Å². The molecule has 2 heterocycles. The number of likely N-dealkylation sites (N-methyl/N-ethyl adjacent to an activating group) is 2. The molecule has 2 aliphatic rings. The number of rotatable bonds is 0. The first-order valence-electron chi connectivity index (χ1n) is 6.63. The molecule has 0 aromatic rings. The normalized spacial score (nSPS) is 26.2. The van der Waals surface area contributed by atoms with Crippen LogP contribution in [-0.4, -0.2) is 75.1 Å². The maximum atomic E-state index is 2.40. The van der Waals surface area contributed by atoms with Gasteiger partial charge in [0, 0.05) is 26.2 Å². The van der Waals surface area contributed by atoms with Gasteiger partial charge >= 0.3 is 0 Å². The van der Waals surface area contributed by atoms with E-state index in [4.69, 9.17) is 0 Å². The molecule has 96 valence electrons. The smallest absolute Gasteiger partial charge is 0.0107 e. The van der Waals surface area contributed by atoms with E-state index >= 15 is 0 Å². The number of piperidine rings is 1. The zero-order chi connectivity index (χ0) is 12.0. The lowest BCUT2D eigenvalue weighted by molar-refractivity contribution is 0.181. The maximum Gasteiger partial charge on any atom is 0.0107 e. The predicted molar refractivity (Wildman–Crippen MR) is 70.9 cm³/mol. The summed E-state index contributed by atoms with van der Waals surface area (Å²) in [5, 5.41) is 0. The van der Waals surface area contributed by atoms with E-state index < -0.39 is 0 Å². The topological polar surface area (TPSA) is 9.72 Å².